The van der Waals surface area contributed by atoms with Gasteiger partial charge in [0.1, 0.15) is 4.21 Å². The van der Waals surface area contributed by atoms with Crippen LogP contribution in [0.1, 0.15) is 60.7 Å². The summed E-state index contributed by atoms with van der Waals surface area (Å²) in [5, 5.41) is 6.91. The largest absolute Gasteiger partial charge is 0.347 e. The molecule has 9 heteroatoms. The van der Waals surface area contributed by atoms with Gasteiger partial charge < -0.3 is 10.6 Å². The minimum atomic E-state index is -3.50. The first kappa shape index (κ1) is 25.2. The number of hydrogen-bond donors (Lipinski definition) is 2. The molecule has 176 valence electrons. The van der Waals surface area contributed by atoms with Gasteiger partial charge in [0.25, 0.3) is 15.9 Å². The summed E-state index contributed by atoms with van der Waals surface area (Å²) in [6.07, 6.45) is 6.99. The summed E-state index contributed by atoms with van der Waals surface area (Å²) >= 11 is 7.06. The molecule has 0 aliphatic carbocycles. The van der Waals surface area contributed by atoms with Crippen molar-refractivity contribution < 1.29 is 13.2 Å². The minimum Gasteiger partial charge on any atom is -0.347 e. The van der Waals surface area contributed by atoms with Gasteiger partial charge in [-0.1, -0.05) is 44.2 Å². The van der Waals surface area contributed by atoms with Crippen LogP contribution in [0.3, 0.4) is 0 Å². The third-order valence-corrected chi connectivity index (χ3v) is 9.29. The SMILES string of the molecule is CCCCCCCNC1CCN(S(=O)(=O)c2ccc(CNC(=O)c3ccc(Cl)cc3)s2)C1. The molecule has 1 atom stereocenters. The molecule has 6 nitrogen and oxygen atoms in total. The van der Waals surface area contributed by atoms with Crippen molar-refractivity contribution in [3.05, 3.63) is 51.9 Å². The van der Waals surface area contributed by atoms with Crippen molar-refractivity contribution in [3.8, 4) is 0 Å². The van der Waals surface area contributed by atoms with Crippen molar-refractivity contribution in [1.29, 1.82) is 0 Å². The van der Waals surface area contributed by atoms with E-state index in [1.165, 1.54) is 37.0 Å². The maximum Gasteiger partial charge on any atom is 0.252 e. The fourth-order valence-corrected chi connectivity index (χ4v) is 6.81. The molecule has 1 unspecified atom stereocenters. The number of nitrogens with one attached hydrogen (secondary N) is 2. The molecule has 2 heterocycles. The Bertz CT molecular complexity index is 977. The molecule has 1 aromatic heterocycles. The van der Waals surface area contributed by atoms with Gasteiger partial charge in [-0.05, 0) is 55.8 Å². The maximum absolute atomic E-state index is 13.0. The average molecular weight is 498 g/mol. The van der Waals surface area contributed by atoms with Gasteiger partial charge in [-0.15, -0.1) is 11.3 Å². The second-order valence-corrected chi connectivity index (χ2v) is 11.9. The van der Waals surface area contributed by atoms with E-state index in [2.05, 4.69) is 17.6 Å². The summed E-state index contributed by atoms with van der Waals surface area (Å²) < 4.78 is 28.0. The number of halogens is 1. The van der Waals surface area contributed by atoms with E-state index < -0.39 is 10.0 Å². The quantitative estimate of drug-likeness (QED) is 0.418. The number of carbonyl (C=O) groups excluding carboxylic acids is 1. The van der Waals surface area contributed by atoms with Crippen LogP contribution in [0.25, 0.3) is 0 Å². The number of amides is 1. The van der Waals surface area contributed by atoms with Crippen molar-refractivity contribution in [2.75, 3.05) is 19.6 Å². The molecule has 0 radical (unpaired) electrons. The summed E-state index contributed by atoms with van der Waals surface area (Å²) in [4.78, 5) is 13.1. The molecule has 0 saturated carbocycles. The third-order valence-electron chi connectivity index (χ3n) is 5.63. The second kappa shape index (κ2) is 12.1. The second-order valence-electron chi connectivity index (χ2n) is 8.13. The number of rotatable bonds is 12. The normalized spacial score (nSPS) is 17.0. The van der Waals surface area contributed by atoms with Crippen LogP contribution >= 0.6 is 22.9 Å². The van der Waals surface area contributed by atoms with E-state index in [-0.39, 0.29) is 18.5 Å². The van der Waals surface area contributed by atoms with Crippen LogP contribution < -0.4 is 10.6 Å². The number of nitrogens with zero attached hydrogens (tertiary/aromatic N) is 1. The van der Waals surface area contributed by atoms with Gasteiger partial charge in [0.05, 0.1) is 6.54 Å². The lowest BCUT2D eigenvalue weighted by Crippen LogP contribution is -2.35. The molecule has 1 fully saturated rings. The highest BCUT2D eigenvalue weighted by molar-refractivity contribution is 7.91. The van der Waals surface area contributed by atoms with Crippen LogP contribution in [-0.4, -0.2) is 44.3 Å². The predicted molar refractivity (Wildman–Crippen MR) is 131 cm³/mol. The molecule has 0 bridgehead atoms. The Kier molecular flexibility index (Phi) is 9.55. The Morgan fingerprint density at radius 1 is 1.12 bits per heavy atom. The Balaban J connectivity index is 1.47. The van der Waals surface area contributed by atoms with Gasteiger partial charge in [0, 0.05) is 34.6 Å². The van der Waals surface area contributed by atoms with Gasteiger partial charge in [0.2, 0.25) is 0 Å². The number of carbonyl (C=O) groups is 1. The van der Waals surface area contributed by atoms with Crippen LogP contribution in [0.4, 0.5) is 0 Å². The Labute approximate surface area is 200 Å². The third kappa shape index (κ3) is 7.02. The Morgan fingerprint density at radius 3 is 2.62 bits per heavy atom. The molecule has 0 spiro atoms. The van der Waals surface area contributed by atoms with Gasteiger partial charge in [0.15, 0.2) is 0 Å². The van der Waals surface area contributed by atoms with Crippen molar-refractivity contribution in [3.63, 3.8) is 0 Å². The van der Waals surface area contributed by atoms with Crippen LogP contribution in [0, 0.1) is 0 Å². The molecule has 1 aliphatic rings. The van der Waals surface area contributed by atoms with Crippen LogP contribution in [0.5, 0.6) is 0 Å². The van der Waals surface area contributed by atoms with E-state index in [1.807, 2.05) is 0 Å². The van der Waals surface area contributed by atoms with Crippen molar-refractivity contribution in [1.82, 2.24) is 14.9 Å². The zero-order chi connectivity index (χ0) is 23.0. The first-order valence-corrected chi connectivity index (χ1v) is 13.9. The molecule has 32 heavy (non-hydrogen) atoms. The topological polar surface area (TPSA) is 78.5 Å². The van der Waals surface area contributed by atoms with E-state index in [0.717, 1.165) is 24.3 Å². The van der Waals surface area contributed by atoms with Crippen molar-refractivity contribution >= 4 is 38.9 Å². The molecule has 1 aromatic carbocycles. The van der Waals surface area contributed by atoms with E-state index in [9.17, 15) is 13.2 Å². The highest BCUT2D eigenvalue weighted by Crippen LogP contribution is 2.27. The lowest BCUT2D eigenvalue weighted by atomic mass is 10.1. The highest BCUT2D eigenvalue weighted by Gasteiger charge is 2.33. The highest BCUT2D eigenvalue weighted by atomic mass is 35.5. The maximum atomic E-state index is 13.0. The lowest BCUT2D eigenvalue weighted by Gasteiger charge is -2.16. The number of sulfonamides is 1. The van der Waals surface area contributed by atoms with Gasteiger partial charge in [-0.25, -0.2) is 8.42 Å². The molecule has 2 aromatic rings. The standard InChI is InChI=1S/C23H32ClN3O3S2/c1-2-3-4-5-6-14-25-20-13-15-27(17-20)32(29,30)22-12-11-21(31-22)16-26-23(28)18-7-9-19(24)10-8-18/h7-12,20,25H,2-6,13-17H2,1H3,(H,26,28). The fourth-order valence-electron chi connectivity index (χ4n) is 3.74. The van der Waals surface area contributed by atoms with E-state index >= 15 is 0 Å². The smallest absolute Gasteiger partial charge is 0.252 e. The van der Waals surface area contributed by atoms with Crippen molar-refractivity contribution in [2.45, 2.75) is 62.2 Å². The summed E-state index contributed by atoms with van der Waals surface area (Å²) in [7, 11) is -3.50. The Hall–Kier alpha value is -1.45. The van der Waals surface area contributed by atoms with E-state index in [1.54, 1.807) is 40.7 Å². The van der Waals surface area contributed by atoms with Crippen LogP contribution in [0.15, 0.2) is 40.6 Å². The van der Waals surface area contributed by atoms with E-state index in [4.69, 9.17) is 11.6 Å². The molecular formula is C23H32ClN3O3S2. The lowest BCUT2D eigenvalue weighted by molar-refractivity contribution is 0.0951. The first-order valence-electron chi connectivity index (χ1n) is 11.3. The molecule has 3 rings (SSSR count). The Morgan fingerprint density at radius 2 is 1.88 bits per heavy atom. The average Bonchev–Trinajstić information content (AvgIpc) is 3.45. The minimum absolute atomic E-state index is 0.217. The van der Waals surface area contributed by atoms with Crippen molar-refractivity contribution in [2.24, 2.45) is 0 Å². The monoisotopic (exact) mass is 497 g/mol. The number of unbranched alkanes of at least 4 members (excludes halogenated alkanes) is 4. The zero-order valence-corrected chi connectivity index (χ0v) is 20.9. The van der Waals surface area contributed by atoms with Gasteiger partial charge in [-0.3, -0.25) is 4.79 Å². The molecule has 1 amide bonds. The summed E-state index contributed by atoms with van der Waals surface area (Å²) in [6.45, 7) is 4.48. The molecular weight excluding hydrogens is 466 g/mol. The van der Waals surface area contributed by atoms with E-state index in [0.29, 0.717) is 27.9 Å². The number of benzene rings is 1. The molecule has 2 N–H and O–H groups in total. The summed E-state index contributed by atoms with van der Waals surface area (Å²) in [5.74, 6) is -0.220. The summed E-state index contributed by atoms with van der Waals surface area (Å²) in [5.41, 5.74) is 0.514. The van der Waals surface area contributed by atoms with Crippen LogP contribution in [-0.2, 0) is 16.6 Å². The summed E-state index contributed by atoms with van der Waals surface area (Å²) in [6, 6.07) is 10.3. The number of hydrogen-bond acceptors (Lipinski definition) is 5. The number of thiophene rings is 1. The molecule has 1 aliphatic heterocycles. The fraction of sp³-hybridized carbons (Fsp3) is 0.522. The van der Waals surface area contributed by atoms with Crippen LogP contribution in [0.2, 0.25) is 5.02 Å². The zero-order valence-electron chi connectivity index (χ0n) is 18.5. The predicted octanol–water partition coefficient (Wildman–Crippen LogP) is 4.65. The van der Waals surface area contributed by atoms with Gasteiger partial charge >= 0.3 is 0 Å². The molecule has 1 saturated heterocycles. The first-order chi connectivity index (χ1) is 15.4. The van der Waals surface area contributed by atoms with Gasteiger partial charge in [-0.2, -0.15) is 4.31 Å².